The Bertz CT molecular complexity index is 1030. The molecule has 0 spiro atoms. The van der Waals surface area contributed by atoms with E-state index in [1.807, 2.05) is 47.2 Å². The van der Waals surface area contributed by atoms with E-state index in [1.165, 1.54) is 5.01 Å². The van der Waals surface area contributed by atoms with Crippen LogP contribution >= 0.6 is 15.9 Å². The molecule has 5 nitrogen and oxygen atoms in total. The molecular weight excluding hydrogens is 378 g/mol. The van der Waals surface area contributed by atoms with E-state index in [4.69, 9.17) is 16.5 Å². The van der Waals surface area contributed by atoms with Gasteiger partial charge in [0.15, 0.2) is 5.84 Å². The molecule has 25 heavy (non-hydrogen) atoms. The number of anilines is 1. The van der Waals surface area contributed by atoms with Gasteiger partial charge in [0.25, 0.3) is 0 Å². The van der Waals surface area contributed by atoms with Crippen LogP contribution in [0.4, 0.5) is 5.69 Å². The van der Waals surface area contributed by atoms with Crippen LogP contribution in [-0.2, 0) is 6.54 Å². The number of hydrazine groups is 1. The molecule has 2 heterocycles. The van der Waals surface area contributed by atoms with Crippen LogP contribution in [0.25, 0.3) is 11.1 Å². The summed E-state index contributed by atoms with van der Waals surface area (Å²) in [6, 6.07) is 17.4. The Hall–Kier alpha value is -2.88. The number of nitrogens with zero attached hydrogens (tertiary/aromatic N) is 3. The Kier molecular flexibility index (Phi) is 3.68. The highest BCUT2D eigenvalue weighted by molar-refractivity contribution is 9.10. The third-order valence-electron chi connectivity index (χ3n) is 4.37. The summed E-state index contributed by atoms with van der Waals surface area (Å²) < 4.78 is 3.02. The molecule has 6 heteroatoms. The Morgan fingerprint density at radius 2 is 1.84 bits per heavy atom. The van der Waals surface area contributed by atoms with Gasteiger partial charge < -0.3 is 4.57 Å². The Labute approximate surface area is 153 Å². The van der Waals surface area contributed by atoms with Crippen molar-refractivity contribution in [2.24, 2.45) is 5.84 Å². The molecule has 122 valence electrons. The molecular formula is C19H14BrN5. The minimum absolute atomic E-state index is 0.251. The molecule has 0 atom stereocenters. The number of aromatic nitrogens is 1. The van der Waals surface area contributed by atoms with E-state index in [0.29, 0.717) is 12.1 Å². The van der Waals surface area contributed by atoms with E-state index >= 15 is 0 Å². The second kappa shape index (κ2) is 5.88. The summed E-state index contributed by atoms with van der Waals surface area (Å²) in [5, 5.41) is 18.8. The van der Waals surface area contributed by atoms with Crippen molar-refractivity contribution in [2.75, 3.05) is 5.01 Å². The van der Waals surface area contributed by atoms with Crippen LogP contribution in [0.2, 0.25) is 0 Å². The van der Waals surface area contributed by atoms with Crippen LogP contribution in [0.1, 0.15) is 16.8 Å². The Morgan fingerprint density at radius 1 is 1.08 bits per heavy atom. The lowest BCUT2D eigenvalue weighted by Gasteiger charge is -2.18. The standard InChI is InChI=1S/C19H14BrN5/c20-16-5-6-17-15(7-16)11-24-10-14(8-18(24)19(22)25(17)23)13-3-1-12(9-21)2-4-13/h1-8,10,22H,11,23H2. The summed E-state index contributed by atoms with van der Waals surface area (Å²) in [5.74, 6) is 6.44. The number of halogens is 1. The van der Waals surface area contributed by atoms with E-state index in [0.717, 1.165) is 32.5 Å². The number of nitrogens with one attached hydrogen (secondary N) is 1. The number of rotatable bonds is 1. The third-order valence-corrected chi connectivity index (χ3v) is 4.86. The first-order valence-corrected chi connectivity index (χ1v) is 8.49. The summed E-state index contributed by atoms with van der Waals surface area (Å²) in [7, 11) is 0. The summed E-state index contributed by atoms with van der Waals surface area (Å²) in [4.78, 5) is 0. The molecule has 0 aliphatic carbocycles. The number of hydrogen-bond acceptors (Lipinski definition) is 3. The van der Waals surface area contributed by atoms with Gasteiger partial charge in [0.1, 0.15) is 0 Å². The van der Waals surface area contributed by atoms with Crippen LogP contribution in [0, 0.1) is 16.7 Å². The van der Waals surface area contributed by atoms with E-state index < -0.39 is 0 Å². The number of hydrogen-bond donors (Lipinski definition) is 2. The van der Waals surface area contributed by atoms with Gasteiger partial charge in [-0.25, -0.2) is 5.84 Å². The van der Waals surface area contributed by atoms with Crippen molar-refractivity contribution >= 4 is 27.5 Å². The minimum atomic E-state index is 0.251. The zero-order valence-corrected chi connectivity index (χ0v) is 14.8. The molecule has 4 rings (SSSR count). The zero-order valence-electron chi connectivity index (χ0n) is 13.2. The molecule has 1 aromatic heterocycles. The summed E-state index contributed by atoms with van der Waals surface area (Å²) in [5.41, 5.74) is 5.26. The largest absolute Gasteiger partial charge is 0.340 e. The monoisotopic (exact) mass is 391 g/mol. The molecule has 0 radical (unpaired) electrons. The highest BCUT2D eigenvalue weighted by Crippen LogP contribution is 2.31. The zero-order chi connectivity index (χ0) is 17.6. The SMILES string of the molecule is N#Cc1ccc(-c2cc3n(c2)Cc2cc(Br)ccc2N(N)C3=N)cc1. The van der Waals surface area contributed by atoms with E-state index in [9.17, 15) is 0 Å². The van der Waals surface area contributed by atoms with Crippen LogP contribution in [0.3, 0.4) is 0 Å². The molecule has 0 fully saturated rings. The molecule has 0 bridgehead atoms. The summed E-state index contributed by atoms with van der Waals surface area (Å²) in [6.45, 7) is 0.635. The first kappa shape index (κ1) is 15.6. The first-order valence-electron chi connectivity index (χ1n) is 7.70. The van der Waals surface area contributed by atoms with Crippen molar-refractivity contribution in [1.29, 1.82) is 10.7 Å². The fourth-order valence-electron chi connectivity index (χ4n) is 3.08. The lowest BCUT2D eigenvalue weighted by Crippen LogP contribution is -2.37. The highest BCUT2D eigenvalue weighted by Gasteiger charge is 2.23. The normalized spacial score (nSPS) is 13.0. The quantitative estimate of drug-likeness (QED) is 0.617. The van der Waals surface area contributed by atoms with Crippen LogP contribution in [-0.4, -0.2) is 10.4 Å². The van der Waals surface area contributed by atoms with Crippen molar-refractivity contribution in [3.63, 3.8) is 0 Å². The number of amidine groups is 1. The lowest BCUT2D eigenvalue weighted by atomic mass is 10.1. The van der Waals surface area contributed by atoms with Gasteiger partial charge in [0.05, 0.1) is 23.0 Å². The topological polar surface area (TPSA) is 81.8 Å². The van der Waals surface area contributed by atoms with Crippen LogP contribution < -0.4 is 10.9 Å². The summed E-state index contributed by atoms with van der Waals surface area (Å²) in [6.07, 6.45) is 2.02. The smallest absolute Gasteiger partial charge is 0.164 e. The number of fused-ring (bicyclic) bond motifs is 2. The van der Waals surface area contributed by atoms with E-state index in [2.05, 4.69) is 22.0 Å². The van der Waals surface area contributed by atoms with Crippen molar-refractivity contribution in [3.05, 3.63) is 76.0 Å². The maximum Gasteiger partial charge on any atom is 0.164 e. The van der Waals surface area contributed by atoms with Gasteiger partial charge >= 0.3 is 0 Å². The van der Waals surface area contributed by atoms with Crippen molar-refractivity contribution < 1.29 is 0 Å². The van der Waals surface area contributed by atoms with Gasteiger partial charge in [-0.05, 0) is 47.5 Å². The van der Waals surface area contributed by atoms with Crippen molar-refractivity contribution in [3.8, 4) is 17.2 Å². The molecule has 0 saturated heterocycles. The number of nitrogens with two attached hydrogens (primary N) is 1. The number of benzene rings is 2. The van der Waals surface area contributed by atoms with E-state index in [1.54, 1.807) is 12.1 Å². The fourth-order valence-corrected chi connectivity index (χ4v) is 3.49. The molecule has 0 amide bonds. The van der Waals surface area contributed by atoms with Crippen LogP contribution in [0.15, 0.2) is 59.2 Å². The summed E-state index contributed by atoms with van der Waals surface area (Å²) >= 11 is 3.50. The molecule has 3 N–H and O–H groups in total. The van der Waals surface area contributed by atoms with Gasteiger partial charge in [-0.1, -0.05) is 28.1 Å². The van der Waals surface area contributed by atoms with Gasteiger partial charge in [0, 0.05) is 22.8 Å². The Balaban J connectivity index is 1.81. The molecule has 0 unspecified atom stereocenters. The van der Waals surface area contributed by atoms with Gasteiger partial charge in [-0.3, -0.25) is 10.4 Å². The second-order valence-electron chi connectivity index (χ2n) is 5.92. The molecule has 2 aromatic carbocycles. The predicted octanol–water partition coefficient (Wildman–Crippen LogP) is 3.86. The maximum atomic E-state index is 8.94. The highest BCUT2D eigenvalue weighted by atomic mass is 79.9. The van der Waals surface area contributed by atoms with Crippen LogP contribution in [0.5, 0.6) is 0 Å². The van der Waals surface area contributed by atoms with Crippen molar-refractivity contribution in [1.82, 2.24) is 4.57 Å². The minimum Gasteiger partial charge on any atom is -0.340 e. The predicted molar refractivity (Wildman–Crippen MR) is 101 cm³/mol. The lowest BCUT2D eigenvalue weighted by molar-refractivity contribution is 0.804. The number of nitriles is 1. The Morgan fingerprint density at radius 3 is 2.56 bits per heavy atom. The molecule has 0 saturated carbocycles. The first-order chi connectivity index (χ1) is 12.1. The van der Waals surface area contributed by atoms with Gasteiger partial charge in [-0.15, -0.1) is 0 Å². The van der Waals surface area contributed by atoms with Gasteiger partial charge in [0.2, 0.25) is 0 Å². The second-order valence-corrected chi connectivity index (χ2v) is 6.84. The third kappa shape index (κ3) is 2.64. The average Bonchev–Trinajstić information content (AvgIpc) is 3.01. The molecule has 1 aliphatic heterocycles. The molecule has 1 aliphatic rings. The van der Waals surface area contributed by atoms with Crippen molar-refractivity contribution in [2.45, 2.75) is 6.54 Å². The molecule has 3 aromatic rings. The fraction of sp³-hybridized carbons (Fsp3) is 0.0526. The van der Waals surface area contributed by atoms with E-state index in [-0.39, 0.29) is 5.84 Å². The van der Waals surface area contributed by atoms with Gasteiger partial charge in [-0.2, -0.15) is 5.26 Å². The maximum absolute atomic E-state index is 8.94. The average molecular weight is 392 g/mol.